The maximum Gasteiger partial charge on any atom is 0.217 e. The van der Waals surface area contributed by atoms with Gasteiger partial charge in [0, 0.05) is 32.4 Å². The van der Waals surface area contributed by atoms with Crippen LogP contribution >= 0.6 is 11.3 Å². The molecule has 0 radical (unpaired) electrons. The molecule has 2 aliphatic rings. The second-order valence-electron chi connectivity index (χ2n) is 6.34. The second-order valence-corrected chi connectivity index (χ2v) is 9.62. The van der Waals surface area contributed by atoms with E-state index in [0.29, 0.717) is 0 Å². The van der Waals surface area contributed by atoms with E-state index in [1.165, 1.54) is 0 Å². The van der Waals surface area contributed by atoms with Gasteiger partial charge >= 0.3 is 0 Å². The Labute approximate surface area is 140 Å². The molecule has 1 aliphatic heterocycles. The number of likely N-dealkylation sites (N-methyl/N-ethyl adjacent to an activating group) is 1. The van der Waals surface area contributed by atoms with Gasteiger partial charge in [0.15, 0.2) is 5.13 Å². The minimum absolute atomic E-state index is 0.0412. The molecule has 1 unspecified atom stereocenters. The minimum atomic E-state index is -3.12. The Morgan fingerprint density at radius 3 is 2.91 bits per heavy atom. The smallest absolute Gasteiger partial charge is 0.217 e. The van der Waals surface area contributed by atoms with Crippen LogP contribution in [0.4, 0.5) is 5.13 Å². The van der Waals surface area contributed by atoms with E-state index in [0.717, 1.165) is 54.1 Å². The van der Waals surface area contributed by atoms with Gasteiger partial charge in [-0.2, -0.15) is 4.31 Å². The molecule has 23 heavy (non-hydrogen) atoms. The number of pyridine rings is 1. The van der Waals surface area contributed by atoms with E-state index in [1.807, 2.05) is 6.07 Å². The van der Waals surface area contributed by atoms with E-state index < -0.39 is 10.0 Å². The van der Waals surface area contributed by atoms with Crippen LogP contribution in [0.5, 0.6) is 0 Å². The van der Waals surface area contributed by atoms with Gasteiger partial charge in [-0.05, 0) is 31.7 Å². The SMILES string of the molecule is CN(C1CCCN(c2nc3cnccc3s2)C1)S(=O)(=O)C1CC1. The quantitative estimate of drug-likeness (QED) is 0.843. The number of sulfonamides is 1. The molecule has 2 aromatic heterocycles. The summed E-state index contributed by atoms with van der Waals surface area (Å²) in [6.07, 6.45) is 7.09. The fourth-order valence-corrected chi connectivity index (χ4v) is 5.89. The van der Waals surface area contributed by atoms with Crippen LogP contribution in [0.1, 0.15) is 25.7 Å². The number of hydrogen-bond donors (Lipinski definition) is 0. The first-order valence-corrected chi connectivity index (χ1v) is 10.3. The van der Waals surface area contributed by atoms with Crippen molar-refractivity contribution < 1.29 is 8.42 Å². The third kappa shape index (κ3) is 2.83. The van der Waals surface area contributed by atoms with Crippen LogP contribution in [0.25, 0.3) is 10.2 Å². The molecular weight excluding hydrogens is 332 g/mol. The van der Waals surface area contributed by atoms with Crippen molar-refractivity contribution in [1.82, 2.24) is 14.3 Å². The summed E-state index contributed by atoms with van der Waals surface area (Å²) >= 11 is 1.65. The van der Waals surface area contributed by atoms with Crippen LogP contribution in [-0.2, 0) is 10.0 Å². The Balaban J connectivity index is 1.54. The third-order valence-corrected chi connectivity index (χ3v) is 8.22. The zero-order valence-electron chi connectivity index (χ0n) is 13.1. The number of piperidine rings is 1. The van der Waals surface area contributed by atoms with Gasteiger partial charge in [-0.1, -0.05) is 11.3 Å². The number of thiazole rings is 1. The monoisotopic (exact) mass is 352 g/mol. The Hall–Kier alpha value is -1.25. The number of hydrogen-bond acceptors (Lipinski definition) is 6. The van der Waals surface area contributed by atoms with Gasteiger partial charge in [-0.25, -0.2) is 13.4 Å². The molecule has 1 aliphatic carbocycles. The van der Waals surface area contributed by atoms with Crippen molar-refractivity contribution in [2.24, 2.45) is 0 Å². The zero-order chi connectivity index (χ0) is 16.0. The van der Waals surface area contributed by atoms with Crippen molar-refractivity contribution in [3.63, 3.8) is 0 Å². The van der Waals surface area contributed by atoms with Crippen molar-refractivity contribution in [3.05, 3.63) is 18.5 Å². The highest BCUT2D eigenvalue weighted by Crippen LogP contribution is 2.34. The van der Waals surface area contributed by atoms with Gasteiger partial charge in [0.25, 0.3) is 0 Å². The topological polar surface area (TPSA) is 66.4 Å². The molecular formula is C15H20N4O2S2. The standard InChI is InChI=1S/C15H20N4O2S2/c1-18(23(20,21)12-4-5-12)11-3-2-8-19(10-11)15-17-13-9-16-7-6-14(13)22-15/h6-7,9,11-12H,2-5,8,10H2,1H3. The van der Waals surface area contributed by atoms with Gasteiger partial charge < -0.3 is 4.90 Å². The summed E-state index contributed by atoms with van der Waals surface area (Å²) in [4.78, 5) is 11.0. The first-order chi connectivity index (χ1) is 11.1. The maximum atomic E-state index is 12.5. The van der Waals surface area contributed by atoms with Gasteiger partial charge in [0.2, 0.25) is 10.0 Å². The van der Waals surface area contributed by atoms with Crippen LogP contribution in [0.2, 0.25) is 0 Å². The molecule has 0 spiro atoms. The number of aromatic nitrogens is 2. The number of anilines is 1. The lowest BCUT2D eigenvalue weighted by Crippen LogP contribution is -2.49. The molecule has 6 nitrogen and oxygen atoms in total. The van der Waals surface area contributed by atoms with E-state index in [2.05, 4.69) is 14.9 Å². The van der Waals surface area contributed by atoms with Gasteiger partial charge in [-0.3, -0.25) is 4.98 Å². The van der Waals surface area contributed by atoms with Crippen LogP contribution in [0, 0.1) is 0 Å². The Morgan fingerprint density at radius 1 is 1.35 bits per heavy atom. The van der Waals surface area contributed by atoms with Crippen LogP contribution in [-0.4, -0.2) is 54.1 Å². The summed E-state index contributed by atoms with van der Waals surface area (Å²) in [5.74, 6) is 0. The summed E-state index contributed by atoms with van der Waals surface area (Å²) < 4.78 is 27.7. The molecule has 3 heterocycles. The van der Waals surface area contributed by atoms with Crippen molar-refractivity contribution >= 4 is 36.7 Å². The number of rotatable bonds is 4. The lowest BCUT2D eigenvalue weighted by Gasteiger charge is -2.37. The molecule has 0 bridgehead atoms. The normalized spacial score (nSPS) is 22.9. The van der Waals surface area contributed by atoms with Gasteiger partial charge in [-0.15, -0.1) is 0 Å². The first-order valence-electron chi connectivity index (χ1n) is 7.98. The summed E-state index contributed by atoms with van der Waals surface area (Å²) in [5, 5.41) is 0.825. The first kappa shape index (κ1) is 15.3. The van der Waals surface area contributed by atoms with Crippen molar-refractivity contribution in [2.45, 2.75) is 37.0 Å². The predicted octanol–water partition coefficient (Wildman–Crippen LogP) is 2.08. The van der Waals surface area contributed by atoms with Crippen molar-refractivity contribution in [2.75, 3.05) is 25.0 Å². The number of nitrogens with zero attached hydrogens (tertiary/aromatic N) is 4. The summed E-state index contributed by atoms with van der Waals surface area (Å²) in [6, 6.07) is 2.02. The van der Waals surface area contributed by atoms with E-state index in [9.17, 15) is 8.42 Å². The molecule has 2 fully saturated rings. The fourth-order valence-electron chi connectivity index (χ4n) is 3.14. The molecule has 1 saturated carbocycles. The highest BCUT2D eigenvalue weighted by atomic mass is 32.2. The minimum Gasteiger partial charge on any atom is -0.346 e. The molecule has 0 amide bonds. The highest BCUT2D eigenvalue weighted by molar-refractivity contribution is 7.90. The largest absolute Gasteiger partial charge is 0.346 e. The summed E-state index contributed by atoms with van der Waals surface area (Å²) in [5.41, 5.74) is 0.911. The van der Waals surface area contributed by atoms with Crippen LogP contribution < -0.4 is 4.90 Å². The molecule has 124 valence electrons. The van der Waals surface area contributed by atoms with E-state index >= 15 is 0 Å². The predicted molar refractivity (Wildman–Crippen MR) is 92.4 cm³/mol. The lowest BCUT2D eigenvalue weighted by molar-refractivity contribution is 0.320. The number of fused-ring (bicyclic) bond motifs is 1. The zero-order valence-corrected chi connectivity index (χ0v) is 14.7. The van der Waals surface area contributed by atoms with Crippen molar-refractivity contribution in [1.29, 1.82) is 0 Å². The molecule has 1 atom stereocenters. The third-order valence-electron chi connectivity index (χ3n) is 4.71. The van der Waals surface area contributed by atoms with Gasteiger partial charge in [0.05, 0.1) is 16.1 Å². The molecule has 2 aromatic rings. The average Bonchev–Trinajstić information content (AvgIpc) is 3.34. The Bertz CT molecular complexity index is 783. The molecule has 8 heteroatoms. The summed E-state index contributed by atoms with van der Waals surface area (Å²) in [7, 11) is -1.38. The fraction of sp³-hybridized carbons (Fsp3) is 0.600. The van der Waals surface area contributed by atoms with Gasteiger partial charge in [0.1, 0.15) is 5.52 Å². The van der Waals surface area contributed by atoms with Crippen LogP contribution in [0.15, 0.2) is 18.5 Å². The van der Waals surface area contributed by atoms with E-state index in [4.69, 9.17) is 0 Å². The molecule has 0 aromatic carbocycles. The van der Waals surface area contributed by atoms with E-state index in [1.54, 1.807) is 35.1 Å². The molecule has 1 saturated heterocycles. The summed E-state index contributed by atoms with van der Waals surface area (Å²) in [6.45, 7) is 1.65. The van der Waals surface area contributed by atoms with Crippen molar-refractivity contribution in [3.8, 4) is 0 Å². The molecule has 4 rings (SSSR count). The van der Waals surface area contributed by atoms with Crippen LogP contribution in [0.3, 0.4) is 0 Å². The second kappa shape index (κ2) is 5.68. The Morgan fingerprint density at radius 2 is 2.17 bits per heavy atom. The lowest BCUT2D eigenvalue weighted by atomic mass is 10.1. The maximum absolute atomic E-state index is 12.5. The highest BCUT2D eigenvalue weighted by Gasteiger charge is 2.41. The Kier molecular flexibility index (Phi) is 3.78. The van der Waals surface area contributed by atoms with E-state index in [-0.39, 0.29) is 11.3 Å². The average molecular weight is 352 g/mol. The molecule has 0 N–H and O–H groups in total.